The van der Waals surface area contributed by atoms with Gasteiger partial charge >= 0.3 is 0 Å². The molecule has 0 unspecified atom stereocenters. The first-order valence-corrected chi connectivity index (χ1v) is 8.14. The molecule has 1 aliphatic rings. The van der Waals surface area contributed by atoms with Crippen molar-refractivity contribution in [2.45, 2.75) is 6.17 Å². The second-order valence-electron chi connectivity index (χ2n) is 5.98. The fourth-order valence-corrected chi connectivity index (χ4v) is 3.30. The van der Waals surface area contributed by atoms with Gasteiger partial charge in [0.1, 0.15) is 11.9 Å². The zero-order chi connectivity index (χ0) is 17.4. The molecule has 0 saturated heterocycles. The standard InChI is InChI=1S/C20H19N3O2/c1-22-13-7-11-17(22)19-21-15-9-4-3-8-14(15)20(24)23(19)16-10-5-6-12-18(16)25-2/h3-13,19,21H,1-2H3/t19-/m0/s1. The number of amides is 1. The van der Waals surface area contributed by atoms with Crippen molar-refractivity contribution in [3.05, 3.63) is 78.1 Å². The van der Waals surface area contributed by atoms with Crippen LogP contribution in [-0.2, 0) is 7.05 Å². The van der Waals surface area contributed by atoms with Gasteiger partial charge in [-0.15, -0.1) is 0 Å². The summed E-state index contributed by atoms with van der Waals surface area (Å²) < 4.78 is 7.52. The molecule has 2 aromatic carbocycles. The molecule has 0 fully saturated rings. The molecular weight excluding hydrogens is 314 g/mol. The number of anilines is 2. The van der Waals surface area contributed by atoms with E-state index in [4.69, 9.17) is 4.74 Å². The number of hydrogen-bond donors (Lipinski definition) is 1. The van der Waals surface area contributed by atoms with Crippen LogP contribution in [0.3, 0.4) is 0 Å². The van der Waals surface area contributed by atoms with Gasteiger partial charge in [-0.2, -0.15) is 0 Å². The Hall–Kier alpha value is -3.21. The number of methoxy groups -OCH3 is 1. The molecule has 0 aliphatic carbocycles. The number of rotatable bonds is 3. The smallest absolute Gasteiger partial charge is 0.262 e. The lowest BCUT2D eigenvalue weighted by atomic mass is 10.0. The minimum Gasteiger partial charge on any atom is -0.495 e. The monoisotopic (exact) mass is 333 g/mol. The van der Waals surface area contributed by atoms with Gasteiger partial charge in [0.2, 0.25) is 0 Å². The summed E-state index contributed by atoms with van der Waals surface area (Å²) in [5, 5.41) is 3.50. The van der Waals surface area contributed by atoms with Gasteiger partial charge in [0.25, 0.3) is 5.91 Å². The van der Waals surface area contributed by atoms with Crippen molar-refractivity contribution in [1.29, 1.82) is 0 Å². The van der Waals surface area contributed by atoms with Gasteiger partial charge in [-0.1, -0.05) is 24.3 Å². The van der Waals surface area contributed by atoms with Crippen LogP contribution < -0.4 is 15.0 Å². The number of aromatic nitrogens is 1. The quantitative estimate of drug-likeness (QED) is 0.793. The Balaban J connectivity index is 1.91. The number of nitrogens with zero attached hydrogens (tertiary/aromatic N) is 2. The molecule has 5 heteroatoms. The normalized spacial score (nSPS) is 16.3. The third-order valence-corrected chi connectivity index (χ3v) is 4.54. The van der Waals surface area contributed by atoms with Crippen molar-refractivity contribution in [3.8, 4) is 5.75 Å². The van der Waals surface area contributed by atoms with E-state index in [1.807, 2.05) is 78.5 Å². The number of ether oxygens (including phenoxy) is 1. The Morgan fingerprint density at radius 3 is 2.52 bits per heavy atom. The number of carbonyl (C=O) groups is 1. The van der Waals surface area contributed by atoms with E-state index in [2.05, 4.69) is 5.32 Å². The molecule has 5 nitrogen and oxygen atoms in total. The molecule has 1 amide bonds. The summed E-state index contributed by atoms with van der Waals surface area (Å²) in [5.74, 6) is 0.612. The van der Waals surface area contributed by atoms with Crippen molar-refractivity contribution in [2.24, 2.45) is 7.05 Å². The highest BCUT2D eigenvalue weighted by Gasteiger charge is 2.36. The average molecular weight is 333 g/mol. The fraction of sp³-hybridized carbons (Fsp3) is 0.150. The number of aryl methyl sites for hydroxylation is 1. The van der Waals surface area contributed by atoms with Crippen LogP contribution in [0.15, 0.2) is 66.9 Å². The van der Waals surface area contributed by atoms with Crippen LogP contribution in [0.25, 0.3) is 0 Å². The summed E-state index contributed by atoms with van der Waals surface area (Å²) in [6.07, 6.45) is 1.65. The summed E-state index contributed by atoms with van der Waals surface area (Å²) in [6.45, 7) is 0. The molecule has 1 aromatic heterocycles. The zero-order valence-corrected chi connectivity index (χ0v) is 14.1. The second kappa shape index (κ2) is 6.02. The summed E-state index contributed by atoms with van der Waals surface area (Å²) >= 11 is 0. The zero-order valence-electron chi connectivity index (χ0n) is 14.1. The SMILES string of the molecule is COc1ccccc1N1C(=O)c2ccccc2N[C@@H]1c1cccn1C. The van der Waals surface area contributed by atoms with E-state index < -0.39 is 0 Å². The van der Waals surface area contributed by atoms with Gasteiger partial charge in [0.05, 0.1) is 24.1 Å². The summed E-state index contributed by atoms with van der Waals surface area (Å²) in [7, 11) is 3.59. The minimum atomic E-state index is -0.321. The molecule has 0 radical (unpaired) electrons. The molecule has 25 heavy (non-hydrogen) atoms. The molecule has 1 aliphatic heterocycles. The molecule has 0 saturated carbocycles. The van der Waals surface area contributed by atoms with Crippen LogP contribution >= 0.6 is 0 Å². The lowest BCUT2D eigenvalue weighted by molar-refractivity contribution is 0.0973. The van der Waals surface area contributed by atoms with Crippen molar-refractivity contribution >= 4 is 17.3 Å². The third-order valence-electron chi connectivity index (χ3n) is 4.54. The predicted molar refractivity (Wildman–Crippen MR) is 98.0 cm³/mol. The summed E-state index contributed by atoms with van der Waals surface area (Å²) in [5.41, 5.74) is 3.22. The van der Waals surface area contributed by atoms with Gasteiger partial charge in [0.15, 0.2) is 0 Å². The van der Waals surface area contributed by atoms with Crippen LogP contribution in [0, 0.1) is 0 Å². The molecular formula is C20H19N3O2. The third kappa shape index (κ3) is 2.45. The first-order valence-electron chi connectivity index (χ1n) is 8.14. The summed E-state index contributed by atoms with van der Waals surface area (Å²) in [4.78, 5) is 15.1. The molecule has 2 heterocycles. The van der Waals surface area contributed by atoms with Gasteiger partial charge in [-0.25, -0.2) is 0 Å². The van der Waals surface area contributed by atoms with Crippen molar-refractivity contribution in [1.82, 2.24) is 4.57 Å². The topological polar surface area (TPSA) is 46.5 Å². The Morgan fingerprint density at radius 2 is 1.76 bits per heavy atom. The maximum atomic E-state index is 13.3. The van der Waals surface area contributed by atoms with Crippen molar-refractivity contribution < 1.29 is 9.53 Å². The summed E-state index contributed by atoms with van der Waals surface area (Å²) in [6, 6.07) is 19.2. The maximum Gasteiger partial charge on any atom is 0.262 e. The first kappa shape index (κ1) is 15.3. The van der Waals surface area contributed by atoms with E-state index in [-0.39, 0.29) is 12.1 Å². The van der Waals surface area contributed by atoms with Gasteiger partial charge in [0, 0.05) is 18.9 Å². The highest BCUT2D eigenvalue weighted by Crippen LogP contribution is 2.40. The molecule has 0 spiro atoms. The lowest BCUT2D eigenvalue weighted by Gasteiger charge is -2.38. The largest absolute Gasteiger partial charge is 0.495 e. The number of hydrogen-bond acceptors (Lipinski definition) is 3. The van der Waals surface area contributed by atoms with Crippen LogP contribution in [0.5, 0.6) is 5.75 Å². The van der Waals surface area contributed by atoms with E-state index in [1.165, 1.54) is 0 Å². The molecule has 1 atom stereocenters. The molecule has 126 valence electrons. The number of benzene rings is 2. The molecule has 4 rings (SSSR count). The van der Waals surface area contributed by atoms with Crippen LogP contribution in [0.4, 0.5) is 11.4 Å². The first-order chi connectivity index (χ1) is 12.2. The maximum absolute atomic E-state index is 13.3. The fourth-order valence-electron chi connectivity index (χ4n) is 3.30. The molecule has 1 N–H and O–H groups in total. The van der Waals surface area contributed by atoms with E-state index in [1.54, 1.807) is 12.0 Å². The van der Waals surface area contributed by atoms with E-state index in [0.29, 0.717) is 11.3 Å². The highest BCUT2D eigenvalue weighted by molar-refractivity contribution is 6.12. The van der Waals surface area contributed by atoms with E-state index in [9.17, 15) is 4.79 Å². The second-order valence-corrected chi connectivity index (χ2v) is 5.98. The Labute approximate surface area is 146 Å². The van der Waals surface area contributed by atoms with E-state index >= 15 is 0 Å². The molecule has 0 bridgehead atoms. The number of para-hydroxylation sites is 3. The van der Waals surface area contributed by atoms with Crippen LogP contribution in [-0.4, -0.2) is 17.6 Å². The average Bonchev–Trinajstić information content (AvgIpc) is 3.07. The predicted octanol–water partition coefficient (Wildman–Crippen LogP) is 3.80. The van der Waals surface area contributed by atoms with Gasteiger partial charge in [-0.3, -0.25) is 9.69 Å². The Kier molecular flexibility index (Phi) is 3.69. The Bertz CT molecular complexity index is 932. The van der Waals surface area contributed by atoms with Gasteiger partial charge in [-0.05, 0) is 36.4 Å². The Morgan fingerprint density at radius 1 is 1.00 bits per heavy atom. The number of nitrogens with one attached hydrogen (secondary N) is 1. The van der Waals surface area contributed by atoms with Crippen molar-refractivity contribution in [2.75, 3.05) is 17.3 Å². The van der Waals surface area contributed by atoms with E-state index in [0.717, 1.165) is 17.1 Å². The van der Waals surface area contributed by atoms with Gasteiger partial charge < -0.3 is 14.6 Å². The van der Waals surface area contributed by atoms with Crippen molar-refractivity contribution in [3.63, 3.8) is 0 Å². The number of fused-ring (bicyclic) bond motifs is 1. The minimum absolute atomic E-state index is 0.0509. The lowest BCUT2D eigenvalue weighted by Crippen LogP contribution is -2.44. The number of carbonyl (C=O) groups excluding carboxylic acids is 1. The molecule has 3 aromatic rings. The van der Waals surface area contributed by atoms with Crippen LogP contribution in [0.2, 0.25) is 0 Å². The highest BCUT2D eigenvalue weighted by atomic mass is 16.5. The van der Waals surface area contributed by atoms with Crippen LogP contribution in [0.1, 0.15) is 22.2 Å².